The Morgan fingerprint density at radius 1 is 1.14 bits per heavy atom. The van der Waals surface area contributed by atoms with Gasteiger partial charge in [0.2, 0.25) is 5.91 Å². The molecule has 7 nitrogen and oxygen atoms in total. The van der Waals surface area contributed by atoms with Crippen LogP contribution < -0.4 is 5.32 Å². The van der Waals surface area contributed by atoms with Crippen LogP contribution in [-0.2, 0) is 31.9 Å². The zero-order valence-electron chi connectivity index (χ0n) is 17.3. The molecule has 0 aliphatic heterocycles. The van der Waals surface area contributed by atoms with Gasteiger partial charge in [-0.2, -0.15) is 0 Å². The van der Waals surface area contributed by atoms with Gasteiger partial charge in [0.15, 0.2) is 0 Å². The number of aryl methyl sites for hydroxylation is 1. The normalized spacial score (nSPS) is 15.3. The Morgan fingerprint density at radius 2 is 1.90 bits per heavy atom. The number of thiophene rings is 1. The first kappa shape index (κ1) is 21.8. The molecule has 1 aromatic heterocycles. The topological polar surface area (TPSA) is 84.9 Å². The Bertz CT molecular complexity index is 756. The Balaban J connectivity index is 1.63. The SMILES string of the molecule is CCOC(=O)CCN(CC(=O)Nc1sc2c(c1C(=O)OCC)CCC2)CC1CC1. The smallest absolute Gasteiger partial charge is 0.341 e. The number of amides is 1. The van der Waals surface area contributed by atoms with Gasteiger partial charge in [0.1, 0.15) is 5.00 Å². The van der Waals surface area contributed by atoms with Gasteiger partial charge in [0, 0.05) is 18.0 Å². The second-order valence-electron chi connectivity index (χ2n) is 7.56. The molecule has 160 valence electrons. The van der Waals surface area contributed by atoms with E-state index in [1.54, 1.807) is 13.8 Å². The van der Waals surface area contributed by atoms with Gasteiger partial charge in [-0.25, -0.2) is 4.79 Å². The number of rotatable bonds is 11. The van der Waals surface area contributed by atoms with Crippen molar-refractivity contribution in [2.75, 3.05) is 38.2 Å². The highest BCUT2D eigenvalue weighted by Crippen LogP contribution is 2.39. The van der Waals surface area contributed by atoms with E-state index in [2.05, 4.69) is 5.32 Å². The van der Waals surface area contributed by atoms with Crippen molar-refractivity contribution in [3.63, 3.8) is 0 Å². The lowest BCUT2D eigenvalue weighted by Crippen LogP contribution is -2.36. The molecule has 29 heavy (non-hydrogen) atoms. The van der Waals surface area contributed by atoms with Crippen molar-refractivity contribution in [1.29, 1.82) is 0 Å². The molecule has 0 radical (unpaired) electrons. The number of anilines is 1. The zero-order valence-corrected chi connectivity index (χ0v) is 18.1. The van der Waals surface area contributed by atoms with Gasteiger partial charge < -0.3 is 14.8 Å². The second kappa shape index (κ2) is 10.2. The van der Waals surface area contributed by atoms with E-state index >= 15 is 0 Å². The van der Waals surface area contributed by atoms with Crippen LogP contribution in [-0.4, -0.2) is 55.6 Å². The fourth-order valence-corrected chi connectivity index (χ4v) is 4.96. The first-order valence-electron chi connectivity index (χ1n) is 10.5. The van der Waals surface area contributed by atoms with Crippen molar-refractivity contribution in [3.05, 3.63) is 16.0 Å². The summed E-state index contributed by atoms with van der Waals surface area (Å²) >= 11 is 1.48. The van der Waals surface area contributed by atoms with Crippen LogP contribution in [0.1, 0.15) is 60.3 Å². The molecule has 0 spiro atoms. The van der Waals surface area contributed by atoms with Crippen molar-refractivity contribution in [3.8, 4) is 0 Å². The molecule has 1 aromatic rings. The lowest BCUT2D eigenvalue weighted by atomic mass is 10.1. The minimum atomic E-state index is -0.362. The molecular formula is C21H30N2O5S. The van der Waals surface area contributed by atoms with Gasteiger partial charge in [0.05, 0.1) is 31.7 Å². The molecule has 1 N–H and O–H groups in total. The van der Waals surface area contributed by atoms with Crippen molar-refractivity contribution < 1.29 is 23.9 Å². The van der Waals surface area contributed by atoms with Crippen LogP contribution in [0.3, 0.4) is 0 Å². The molecule has 0 atom stereocenters. The Morgan fingerprint density at radius 3 is 2.59 bits per heavy atom. The third-order valence-corrected chi connectivity index (χ3v) is 6.38. The van der Waals surface area contributed by atoms with Crippen LogP contribution in [0.2, 0.25) is 0 Å². The van der Waals surface area contributed by atoms with Gasteiger partial charge in [0.25, 0.3) is 0 Å². The first-order valence-corrected chi connectivity index (χ1v) is 11.3. The standard InChI is InChI=1S/C21H30N2O5S/c1-3-27-18(25)10-11-23(12-14-8-9-14)13-17(24)22-20-19(21(26)28-4-2)15-6-5-7-16(15)29-20/h14H,3-13H2,1-2H3,(H,22,24). The van der Waals surface area contributed by atoms with Gasteiger partial charge >= 0.3 is 11.9 Å². The number of fused-ring (bicyclic) bond motifs is 1. The van der Waals surface area contributed by atoms with Gasteiger partial charge in [-0.1, -0.05) is 0 Å². The number of carbonyl (C=O) groups is 3. The maximum Gasteiger partial charge on any atom is 0.341 e. The third-order valence-electron chi connectivity index (χ3n) is 5.17. The molecule has 2 aliphatic carbocycles. The summed E-state index contributed by atoms with van der Waals surface area (Å²) in [6.45, 7) is 5.73. The number of carbonyl (C=O) groups excluding carboxylic acids is 3. The summed E-state index contributed by atoms with van der Waals surface area (Å²) in [6.07, 6.45) is 5.43. The van der Waals surface area contributed by atoms with Crippen LogP contribution in [0.25, 0.3) is 0 Å². The van der Waals surface area contributed by atoms with Crippen LogP contribution in [0.5, 0.6) is 0 Å². The third kappa shape index (κ3) is 6.02. The summed E-state index contributed by atoms with van der Waals surface area (Å²) in [5, 5.41) is 3.53. The average molecular weight is 423 g/mol. The molecule has 0 saturated heterocycles. The highest BCUT2D eigenvalue weighted by atomic mass is 32.1. The van der Waals surface area contributed by atoms with Crippen LogP contribution in [0.15, 0.2) is 0 Å². The monoisotopic (exact) mass is 422 g/mol. The van der Waals surface area contributed by atoms with E-state index in [0.29, 0.717) is 36.2 Å². The quantitative estimate of drug-likeness (QED) is 0.552. The number of nitrogens with zero attached hydrogens (tertiary/aromatic N) is 1. The summed E-state index contributed by atoms with van der Waals surface area (Å²) in [5.74, 6) is -0.169. The van der Waals surface area contributed by atoms with E-state index in [9.17, 15) is 14.4 Å². The molecule has 1 amide bonds. The largest absolute Gasteiger partial charge is 0.466 e. The first-order chi connectivity index (χ1) is 14.0. The minimum Gasteiger partial charge on any atom is -0.466 e. The second-order valence-corrected chi connectivity index (χ2v) is 8.67. The van der Waals surface area contributed by atoms with Crippen molar-refractivity contribution in [2.45, 2.75) is 52.4 Å². The highest BCUT2D eigenvalue weighted by molar-refractivity contribution is 7.17. The summed E-state index contributed by atoms with van der Waals surface area (Å²) in [4.78, 5) is 40.1. The number of esters is 2. The molecule has 0 aromatic carbocycles. The Labute approximate surface area is 175 Å². The van der Waals surface area contributed by atoms with Crippen LogP contribution in [0.4, 0.5) is 5.00 Å². The zero-order chi connectivity index (χ0) is 20.8. The van der Waals surface area contributed by atoms with E-state index < -0.39 is 0 Å². The molecular weight excluding hydrogens is 392 g/mol. The predicted octanol–water partition coefficient (Wildman–Crippen LogP) is 3.02. The maximum atomic E-state index is 12.7. The maximum absolute atomic E-state index is 12.7. The number of ether oxygens (including phenoxy) is 2. The summed E-state index contributed by atoms with van der Waals surface area (Å²) in [7, 11) is 0. The summed E-state index contributed by atoms with van der Waals surface area (Å²) < 4.78 is 10.2. The fourth-order valence-electron chi connectivity index (χ4n) is 3.66. The van der Waals surface area contributed by atoms with Gasteiger partial charge in [-0.3, -0.25) is 14.5 Å². The van der Waals surface area contributed by atoms with E-state index in [-0.39, 0.29) is 30.8 Å². The Hall–Kier alpha value is -1.93. The predicted molar refractivity (Wildman–Crippen MR) is 111 cm³/mol. The van der Waals surface area contributed by atoms with Crippen molar-refractivity contribution >= 4 is 34.2 Å². The average Bonchev–Trinajstić information content (AvgIpc) is 3.25. The number of hydrogen-bond acceptors (Lipinski definition) is 7. The highest BCUT2D eigenvalue weighted by Gasteiger charge is 2.29. The minimum absolute atomic E-state index is 0.167. The molecule has 1 fully saturated rings. The lowest BCUT2D eigenvalue weighted by Gasteiger charge is -2.21. The van der Waals surface area contributed by atoms with E-state index in [0.717, 1.165) is 31.4 Å². The fraction of sp³-hybridized carbons (Fsp3) is 0.667. The molecule has 0 unspecified atom stereocenters. The molecule has 0 bridgehead atoms. The van der Waals surface area contributed by atoms with E-state index in [1.165, 1.54) is 29.1 Å². The summed E-state index contributed by atoms with van der Waals surface area (Å²) in [5.41, 5.74) is 1.55. The van der Waals surface area contributed by atoms with Gasteiger partial charge in [-0.15, -0.1) is 11.3 Å². The van der Waals surface area contributed by atoms with Gasteiger partial charge in [-0.05, 0) is 57.4 Å². The molecule has 1 heterocycles. The van der Waals surface area contributed by atoms with E-state index in [4.69, 9.17) is 9.47 Å². The van der Waals surface area contributed by atoms with E-state index in [1.807, 2.05) is 4.90 Å². The molecule has 2 aliphatic rings. The van der Waals surface area contributed by atoms with Crippen LogP contribution >= 0.6 is 11.3 Å². The molecule has 3 rings (SSSR count). The number of nitrogens with one attached hydrogen (secondary N) is 1. The molecule has 1 saturated carbocycles. The van der Waals surface area contributed by atoms with Crippen molar-refractivity contribution in [2.24, 2.45) is 5.92 Å². The Kier molecular flexibility index (Phi) is 7.66. The lowest BCUT2D eigenvalue weighted by molar-refractivity contribution is -0.143. The van der Waals surface area contributed by atoms with Crippen LogP contribution in [0, 0.1) is 5.92 Å². The van der Waals surface area contributed by atoms with Crippen molar-refractivity contribution in [1.82, 2.24) is 4.90 Å². The summed E-state index contributed by atoms with van der Waals surface area (Å²) in [6, 6.07) is 0. The molecule has 8 heteroatoms. The number of hydrogen-bond donors (Lipinski definition) is 1.